The molecule has 2 N–H and O–H groups in total. The number of carbonyl (C=O) groups is 1. The molecule has 7 nitrogen and oxygen atoms in total. The van der Waals surface area contributed by atoms with Crippen LogP contribution in [0.15, 0.2) is 10.4 Å². The zero-order chi connectivity index (χ0) is 19.5. The van der Waals surface area contributed by atoms with Crippen molar-refractivity contribution in [3.05, 3.63) is 16.1 Å². The van der Waals surface area contributed by atoms with Gasteiger partial charge in [-0.2, -0.15) is 0 Å². The number of nitrogens with zero attached hydrogens (tertiary/aromatic N) is 3. The normalized spacial score (nSPS) is 16.3. The number of amides is 1. The van der Waals surface area contributed by atoms with Gasteiger partial charge in [0.25, 0.3) is 0 Å². The lowest BCUT2D eigenvalue weighted by atomic mass is 9.93. The molecule has 2 heterocycles. The first kappa shape index (κ1) is 20.5. The Kier molecular flexibility index (Phi) is 6.16. The fraction of sp³-hybridized carbons (Fsp3) is 0.722. The van der Waals surface area contributed by atoms with Crippen molar-refractivity contribution in [2.45, 2.75) is 65.1 Å². The molecule has 1 aromatic heterocycles. The second kappa shape index (κ2) is 7.82. The Morgan fingerprint density at radius 2 is 2.00 bits per heavy atom. The van der Waals surface area contributed by atoms with E-state index < -0.39 is 5.60 Å². The number of ether oxygens (including phenoxy) is 1. The van der Waals surface area contributed by atoms with E-state index in [9.17, 15) is 4.79 Å². The van der Waals surface area contributed by atoms with E-state index in [1.165, 1.54) is 0 Å². The number of likely N-dealkylation sites (tertiary alicyclic amines) is 1. The first-order chi connectivity index (χ1) is 12.0. The highest BCUT2D eigenvalue weighted by Crippen LogP contribution is 2.23. The number of rotatable bonds is 3. The van der Waals surface area contributed by atoms with E-state index in [1.807, 2.05) is 20.8 Å². The number of aliphatic imine (C=N–C) groups is 1. The number of nitrogens with one attached hydrogen (secondary N) is 2. The molecule has 0 aromatic carbocycles. The summed E-state index contributed by atoms with van der Waals surface area (Å²) in [6.45, 7) is 13.9. The fourth-order valence-electron chi connectivity index (χ4n) is 2.33. The molecule has 2 rings (SSSR count). The van der Waals surface area contributed by atoms with Crippen LogP contribution in [-0.4, -0.2) is 53.7 Å². The Balaban J connectivity index is 1.76. The van der Waals surface area contributed by atoms with Crippen molar-refractivity contribution in [3.8, 4) is 0 Å². The third kappa shape index (κ3) is 5.86. The molecule has 0 spiro atoms. The van der Waals surface area contributed by atoms with Gasteiger partial charge in [-0.05, 0) is 20.8 Å². The lowest BCUT2D eigenvalue weighted by molar-refractivity contribution is 0.00701. The molecule has 1 amide bonds. The summed E-state index contributed by atoms with van der Waals surface area (Å²) < 4.78 is 5.36. The first-order valence-corrected chi connectivity index (χ1v) is 9.76. The van der Waals surface area contributed by atoms with E-state index >= 15 is 0 Å². The van der Waals surface area contributed by atoms with Crippen molar-refractivity contribution >= 4 is 23.4 Å². The zero-order valence-corrected chi connectivity index (χ0v) is 17.7. The molecule has 0 radical (unpaired) electrons. The van der Waals surface area contributed by atoms with Gasteiger partial charge in [0, 0.05) is 30.9 Å². The van der Waals surface area contributed by atoms with Gasteiger partial charge in [0.05, 0.1) is 18.3 Å². The van der Waals surface area contributed by atoms with Gasteiger partial charge < -0.3 is 20.3 Å². The summed E-state index contributed by atoms with van der Waals surface area (Å²) >= 11 is 1.65. The number of hydrogen-bond donors (Lipinski definition) is 2. The monoisotopic (exact) mass is 381 g/mol. The second-order valence-corrected chi connectivity index (χ2v) is 9.47. The lowest BCUT2D eigenvalue weighted by Crippen LogP contribution is -2.63. The third-order valence-electron chi connectivity index (χ3n) is 3.82. The van der Waals surface area contributed by atoms with Gasteiger partial charge in [-0.1, -0.05) is 20.8 Å². The third-order valence-corrected chi connectivity index (χ3v) is 4.67. The predicted octanol–water partition coefficient (Wildman–Crippen LogP) is 2.72. The minimum Gasteiger partial charge on any atom is -0.444 e. The molecular weight excluding hydrogens is 350 g/mol. The van der Waals surface area contributed by atoms with Crippen molar-refractivity contribution in [1.29, 1.82) is 0 Å². The largest absolute Gasteiger partial charge is 0.444 e. The standard InChI is InChI=1S/C18H31N5O2S/c1-17(2,3)13-11-26-14(22-13)8-20-15(19-7)21-12-9-23(10-12)16(24)25-18(4,5)6/h11-12H,8-10H2,1-7H3,(H2,19,20,21). The highest BCUT2D eigenvalue weighted by Gasteiger charge is 2.34. The zero-order valence-electron chi connectivity index (χ0n) is 16.8. The molecule has 1 fully saturated rings. The summed E-state index contributed by atoms with van der Waals surface area (Å²) in [5, 5.41) is 9.75. The molecule has 8 heteroatoms. The van der Waals surface area contributed by atoms with Gasteiger partial charge in [-0.15, -0.1) is 11.3 Å². The Morgan fingerprint density at radius 1 is 1.35 bits per heavy atom. The van der Waals surface area contributed by atoms with Crippen LogP contribution in [0.3, 0.4) is 0 Å². The van der Waals surface area contributed by atoms with Gasteiger partial charge in [-0.3, -0.25) is 4.99 Å². The highest BCUT2D eigenvalue weighted by atomic mass is 32.1. The Morgan fingerprint density at radius 3 is 2.50 bits per heavy atom. The summed E-state index contributed by atoms with van der Waals surface area (Å²) in [4.78, 5) is 22.6. The molecule has 1 aliphatic rings. The minimum atomic E-state index is -0.465. The summed E-state index contributed by atoms with van der Waals surface area (Å²) in [7, 11) is 1.74. The van der Waals surface area contributed by atoms with Gasteiger partial charge in [0.2, 0.25) is 0 Å². The van der Waals surface area contributed by atoms with Crippen LogP contribution in [0, 0.1) is 0 Å². The Hall–Kier alpha value is -1.83. The molecule has 1 aliphatic heterocycles. The van der Waals surface area contributed by atoms with Crippen LogP contribution < -0.4 is 10.6 Å². The topological polar surface area (TPSA) is 78.9 Å². The van der Waals surface area contributed by atoms with Crippen molar-refractivity contribution in [3.63, 3.8) is 0 Å². The molecule has 0 unspecified atom stereocenters. The SMILES string of the molecule is CN=C(NCc1nc(C(C)(C)C)cs1)NC1CN(C(=O)OC(C)(C)C)C1. The molecule has 1 saturated heterocycles. The van der Waals surface area contributed by atoms with E-state index in [-0.39, 0.29) is 17.6 Å². The van der Waals surface area contributed by atoms with Gasteiger partial charge in [0.15, 0.2) is 5.96 Å². The van der Waals surface area contributed by atoms with Gasteiger partial charge >= 0.3 is 6.09 Å². The van der Waals surface area contributed by atoms with E-state index in [1.54, 1.807) is 23.3 Å². The van der Waals surface area contributed by atoms with Crippen LogP contribution in [0.5, 0.6) is 0 Å². The Bertz CT molecular complexity index is 651. The number of hydrogen-bond acceptors (Lipinski definition) is 5. The smallest absolute Gasteiger partial charge is 0.410 e. The van der Waals surface area contributed by atoms with E-state index in [4.69, 9.17) is 4.74 Å². The summed E-state index contributed by atoms with van der Waals surface area (Å²) in [6.07, 6.45) is -0.268. The Labute approximate surface area is 160 Å². The molecular formula is C18H31N5O2S. The van der Waals surface area contributed by atoms with Crippen LogP contribution in [0.25, 0.3) is 0 Å². The molecule has 1 aromatic rings. The fourth-order valence-corrected chi connectivity index (χ4v) is 3.29. The summed E-state index contributed by atoms with van der Waals surface area (Å²) in [5.74, 6) is 0.714. The van der Waals surface area contributed by atoms with Crippen LogP contribution in [0.2, 0.25) is 0 Å². The first-order valence-electron chi connectivity index (χ1n) is 8.88. The van der Waals surface area contributed by atoms with E-state index in [2.05, 4.69) is 46.8 Å². The minimum absolute atomic E-state index is 0.0612. The average molecular weight is 382 g/mol. The average Bonchev–Trinajstić information content (AvgIpc) is 2.92. The maximum atomic E-state index is 12.0. The lowest BCUT2D eigenvalue weighted by Gasteiger charge is -2.40. The summed E-state index contributed by atoms with van der Waals surface area (Å²) in [6, 6.07) is 0.176. The highest BCUT2D eigenvalue weighted by molar-refractivity contribution is 7.09. The molecule has 0 aliphatic carbocycles. The number of thiazole rings is 1. The van der Waals surface area contributed by atoms with Crippen LogP contribution in [0.1, 0.15) is 52.2 Å². The van der Waals surface area contributed by atoms with E-state index in [0.717, 1.165) is 10.7 Å². The second-order valence-electron chi connectivity index (χ2n) is 8.53. The number of aromatic nitrogens is 1. The number of guanidine groups is 1. The van der Waals surface area contributed by atoms with Gasteiger partial charge in [0.1, 0.15) is 10.6 Å². The van der Waals surface area contributed by atoms with Gasteiger partial charge in [-0.25, -0.2) is 9.78 Å². The maximum Gasteiger partial charge on any atom is 0.410 e. The molecule has 26 heavy (non-hydrogen) atoms. The number of carbonyl (C=O) groups excluding carboxylic acids is 1. The van der Waals surface area contributed by atoms with Crippen molar-refractivity contribution in [1.82, 2.24) is 20.5 Å². The quantitative estimate of drug-likeness (QED) is 0.622. The predicted molar refractivity (Wildman–Crippen MR) is 106 cm³/mol. The molecule has 146 valence electrons. The molecule has 0 bridgehead atoms. The molecule has 0 atom stereocenters. The maximum absolute atomic E-state index is 12.0. The van der Waals surface area contributed by atoms with E-state index in [0.29, 0.717) is 25.6 Å². The van der Waals surface area contributed by atoms with Crippen molar-refractivity contribution in [2.24, 2.45) is 4.99 Å². The van der Waals surface area contributed by atoms with Crippen LogP contribution in [0.4, 0.5) is 4.79 Å². The summed E-state index contributed by atoms with van der Waals surface area (Å²) in [5.41, 5.74) is 0.702. The van der Waals surface area contributed by atoms with Crippen molar-refractivity contribution < 1.29 is 9.53 Å². The molecule has 0 saturated carbocycles. The van der Waals surface area contributed by atoms with Crippen molar-refractivity contribution in [2.75, 3.05) is 20.1 Å². The van der Waals surface area contributed by atoms with Crippen LogP contribution in [-0.2, 0) is 16.7 Å². The van der Waals surface area contributed by atoms with Crippen LogP contribution >= 0.6 is 11.3 Å².